The lowest BCUT2D eigenvalue weighted by atomic mass is 9.99. The minimum Gasteiger partial charge on any atom is -0.385 e. The van der Waals surface area contributed by atoms with Crippen LogP contribution in [-0.4, -0.2) is 18.5 Å². The zero-order valence-electron chi connectivity index (χ0n) is 11.1. The van der Waals surface area contributed by atoms with E-state index in [2.05, 4.69) is 22.8 Å². The van der Waals surface area contributed by atoms with Crippen molar-refractivity contribution in [2.24, 2.45) is 0 Å². The zero-order valence-corrected chi connectivity index (χ0v) is 11.1. The van der Waals surface area contributed by atoms with Crippen molar-refractivity contribution >= 4 is 11.6 Å². The monoisotopic (exact) mass is 256 g/mol. The second-order valence-corrected chi connectivity index (χ2v) is 5.36. The van der Waals surface area contributed by atoms with Crippen molar-refractivity contribution in [3.05, 3.63) is 41.5 Å². The van der Waals surface area contributed by atoms with Crippen LogP contribution >= 0.6 is 0 Å². The molecule has 3 heteroatoms. The molecule has 1 heterocycles. The molecule has 1 aromatic carbocycles. The molecule has 0 saturated heterocycles. The van der Waals surface area contributed by atoms with Crippen LogP contribution in [-0.2, 0) is 6.42 Å². The molecular formula is C16H20N2O. The highest BCUT2D eigenvalue weighted by Gasteiger charge is 2.16. The molecule has 3 nitrogen and oxygen atoms in total. The first kappa shape index (κ1) is 12.3. The van der Waals surface area contributed by atoms with Crippen molar-refractivity contribution in [1.29, 1.82) is 0 Å². The summed E-state index contributed by atoms with van der Waals surface area (Å²) in [4.78, 5) is 12.2. The molecule has 1 aliphatic carbocycles. The molecule has 0 bridgehead atoms. The van der Waals surface area contributed by atoms with Gasteiger partial charge in [0.25, 0.3) is 5.91 Å². The van der Waals surface area contributed by atoms with Crippen LogP contribution in [0.25, 0.3) is 0 Å². The Kier molecular flexibility index (Phi) is 3.53. The third-order valence-corrected chi connectivity index (χ3v) is 3.91. The predicted octanol–water partition coefficient (Wildman–Crippen LogP) is 2.88. The van der Waals surface area contributed by atoms with Crippen LogP contribution in [0.2, 0.25) is 0 Å². The Morgan fingerprint density at radius 1 is 1.32 bits per heavy atom. The summed E-state index contributed by atoms with van der Waals surface area (Å²) in [5.74, 6) is 0.0636. The van der Waals surface area contributed by atoms with E-state index in [9.17, 15) is 4.79 Å². The normalized spacial score (nSPS) is 21.4. The Balaban J connectivity index is 1.70. The standard InChI is InChI=1S/C16H20N2O/c19-16(18-14-6-2-1-3-7-14)13-8-9-15-12(11-13)5-4-10-17-15/h1-2,8-9,11,14,17H,3-7,10H2,(H,18,19). The van der Waals surface area contributed by atoms with Crippen LogP contribution in [0.4, 0.5) is 5.69 Å². The quantitative estimate of drug-likeness (QED) is 0.799. The smallest absolute Gasteiger partial charge is 0.251 e. The highest BCUT2D eigenvalue weighted by Crippen LogP contribution is 2.23. The first-order chi connectivity index (χ1) is 9.33. The molecule has 0 saturated carbocycles. The van der Waals surface area contributed by atoms with Crippen LogP contribution in [0.3, 0.4) is 0 Å². The van der Waals surface area contributed by atoms with Gasteiger partial charge in [-0.3, -0.25) is 4.79 Å². The van der Waals surface area contributed by atoms with Gasteiger partial charge in [0, 0.05) is 23.8 Å². The average Bonchev–Trinajstić information content (AvgIpc) is 2.48. The van der Waals surface area contributed by atoms with E-state index < -0.39 is 0 Å². The maximum atomic E-state index is 12.2. The molecular weight excluding hydrogens is 236 g/mol. The highest BCUT2D eigenvalue weighted by molar-refractivity contribution is 5.95. The number of benzene rings is 1. The van der Waals surface area contributed by atoms with Crippen LogP contribution in [0, 0.1) is 0 Å². The first-order valence-electron chi connectivity index (χ1n) is 7.15. The van der Waals surface area contributed by atoms with Crippen LogP contribution in [0.1, 0.15) is 41.6 Å². The van der Waals surface area contributed by atoms with Crippen LogP contribution < -0.4 is 10.6 Å². The molecule has 0 spiro atoms. The van der Waals surface area contributed by atoms with Gasteiger partial charge in [-0.2, -0.15) is 0 Å². The van der Waals surface area contributed by atoms with Crippen molar-refractivity contribution in [2.45, 2.75) is 38.1 Å². The van der Waals surface area contributed by atoms with Gasteiger partial charge in [-0.1, -0.05) is 12.2 Å². The predicted molar refractivity (Wildman–Crippen MR) is 77.5 cm³/mol. The molecule has 3 rings (SSSR count). The molecule has 0 fully saturated rings. The summed E-state index contributed by atoms with van der Waals surface area (Å²) in [6.45, 7) is 1.03. The fraction of sp³-hybridized carbons (Fsp3) is 0.438. The molecule has 2 aliphatic rings. The minimum atomic E-state index is 0.0636. The number of rotatable bonds is 2. The molecule has 1 aliphatic heterocycles. The maximum Gasteiger partial charge on any atom is 0.251 e. The average molecular weight is 256 g/mol. The number of carbonyl (C=O) groups excluding carboxylic acids is 1. The fourth-order valence-electron chi connectivity index (χ4n) is 2.81. The zero-order chi connectivity index (χ0) is 13.1. The van der Waals surface area contributed by atoms with Crippen molar-refractivity contribution in [3.8, 4) is 0 Å². The topological polar surface area (TPSA) is 41.1 Å². The van der Waals surface area contributed by atoms with E-state index in [0.29, 0.717) is 6.04 Å². The Bertz CT molecular complexity index is 507. The molecule has 1 aromatic rings. The summed E-state index contributed by atoms with van der Waals surface area (Å²) in [7, 11) is 0. The largest absolute Gasteiger partial charge is 0.385 e. The van der Waals surface area contributed by atoms with Gasteiger partial charge in [-0.05, 0) is 55.9 Å². The van der Waals surface area contributed by atoms with E-state index in [1.807, 2.05) is 18.2 Å². The summed E-state index contributed by atoms with van der Waals surface area (Å²) < 4.78 is 0. The highest BCUT2D eigenvalue weighted by atomic mass is 16.1. The van der Waals surface area contributed by atoms with E-state index in [1.54, 1.807) is 0 Å². The summed E-state index contributed by atoms with van der Waals surface area (Å²) in [5, 5.41) is 6.50. The van der Waals surface area contributed by atoms with Gasteiger partial charge in [-0.25, -0.2) is 0 Å². The lowest BCUT2D eigenvalue weighted by molar-refractivity contribution is 0.0934. The third-order valence-electron chi connectivity index (χ3n) is 3.91. The number of allylic oxidation sites excluding steroid dienone is 1. The number of fused-ring (bicyclic) bond motifs is 1. The fourth-order valence-corrected chi connectivity index (χ4v) is 2.81. The van der Waals surface area contributed by atoms with E-state index in [4.69, 9.17) is 0 Å². The second kappa shape index (κ2) is 5.47. The number of carbonyl (C=O) groups is 1. The molecule has 1 unspecified atom stereocenters. The molecule has 0 aromatic heterocycles. The second-order valence-electron chi connectivity index (χ2n) is 5.36. The Labute approximate surface area is 114 Å². The van der Waals surface area contributed by atoms with Crippen LogP contribution in [0.15, 0.2) is 30.4 Å². The van der Waals surface area contributed by atoms with E-state index in [1.165, 1.54) is 11.3 Å². The third kappa shape index (κ3) is 2.80. The van der Waals surface area contributed by atoms with E-state index in [-0.39, 0.29) is 5.91 Å². The number of hydrogen-bond donors (Lipinski definition) is 2. The Hall–Kier alpha value is -1.77. The van der Waals surface area contributed by atoms with Gasteiger partial charge in [0.1, 0.15) is 0 Å². The molecule has 0 radical (unpaired) electrons. The molecule has 100 valence electrons. The molecule has 2 N–H and O–H groups in total. The SMILES string of the molecule is O=C(NC1CC=CCC1)c1ccc2c(c1)CCCN2. The van der Waals surface area contributed by atoms with Crippen LogP contribution in [0.5, 0.6) is 0 Å². The lowest BCUT2D eigenvalue weighted by Gasteiger charge is -2.21. The first-order valence-corrected chi connectivity index (χ1v) is 7.15. The number of anilines is 1. The van der Waals surface area contributed by atoms with Gasteiger partial charge in [-0.15, -0.1) is 0 Å². The maximum absolute atomic E-state index is 12.2. The van der Waals surface area contributed by atoms with Gasteiger partial charge >= 0.3 is 0 Å². The van der Waals surface area contributed by atoms with Crippen molar-refractivity contribution in [2.75, 3.05) is 11.9 Å². The van der Waals surface area contributed by atoms with Crippen molar-refractivity contribution < 1.29 is 4.79 Å². The van der Waals surface area contributed by atoms with Gasteiger partial charge in [0.05, 0.1) is 0 Å². The number of amides is 1. The van der Waals surface area contributed by atoms with E-state index in [0.717, 1.165) is 44.2 Å². The summed E-state index contributed by atoms with van der Waals surface area (Å²) in [5.41, 5.74) is 3.24. The number of hydrogen-bond acceptors (Lipinski definition) is 2. The summed E-state index contributed by atoms with van der Waals surface area (Å²) in [6.07, 6.45) is 9.63. The molecule has 1 amide bonds. The van der Waals surface area contributed by atoms with Crippen molar-refractivity contribution in [3.63, 3.8) is 0 Å². The lowest BCUT2D eigenvalue weighted by Crippen LogP contribution is -2.35. The number of aryl methyl sites for hydroxylation is 1. The number of nitrogens with one attached hydrogen (secondary N) is 2. The summed E-state index contributed by atoms with van der Waals surface area (Å²) in [6, 6.07) is 6.29. The minimum absolute atomic E-state index is 0.0636. The summed E-state index contributed by atoms with van der Waals surface area (Å²) >= 11 is 0. The molecule has 19 heavy (non-hydrogen) atoms. The van der Waals surface area contributed by atoms with Crippen molar-refractivity contribution in [1.82, 2.24) is 5.32 Å². The Morgan fingerprint density at radius 2 is 2.26 bits per heavy atom. The van der Waals surface area contributed by atoms with E-state index >= 15 is 0 Å². The van der Waals surface area contributed by atoms with Gasteiger partial charge < -0.3 is 10.6 Å². The molecule has 1 atom stereocenters. The van der Waals surface area contributed by atoms with Gasteiger partial charge in [0.15, 0.2) is 0 Å². The van der Waals surface area contributed by atoms with Gasteiger partial charge in [0.2, 0.25) is 0 Å². The Morgan fingerprint density at radius 3 is 3.11 bits per heavy atom.